The molecule has 0 aliphatic carbocycles. The normalized spacial score (nSPS) is 12.3. The molecular weight excluding hydrogens is 514 g/mol. The molecule has 4 heterocycles. The van der Waals surface area contributed by atoms with Crippen molar-refractivity contribution in [3.05, 3.63) is 127 Å². The lowest BCUT2D eigenvalue weighted by Crippen LogP contribution is -1.89. The van der Waals surface area contributed by atoms with Crippen molar-refractivity contribution < 1.29 is 4.42 Å². The van der Waals surface area contributed by atoms with Crippen LogP contribution in [0.1, 0.15) is 0 Å². The molecule has 0 spiro atoms. The SMILES string of the molecule is c1ccc2nc3c(nc2c1)c1cccc2c4cc(-c5ccc(-c6ccc7oc8ccccc8c7c6)cc5)ccc4n3c21. The molecule has 0 amide bonds. The Bertz CT molecular complexity index is 2680. The molecule has 10 aromatic rings. The highest BCUT2D eigenvalue weighted by Gasteiger charge is 2.20. The fourth-order valence-corrected chi connectivity index (χ4v) is 6.75. The summed E-state index contributed by atoms with van der Waals surface area (Å²) < 4.78 is 8.32. The van der Waals surface area contributed by atoms with E-state index < -0.39 is 0 Å². The van der Waals surface area contributed by atoms with Crippen LogP contribution >= 0.6 is 0 Å². The van der Waals surface area contributed by atoms with E-state index in [1.54, 1.807) is 0 Å². The number of furan rings is 1. The molecule has 42 heavy (non-hydrogen) atoms. The highest BCUT2D eigenvalue weighted by molar-refractivity contribution is 6.22. The van der Waals surface area contributed by atoms with Gasteiger partial charge in [0.05, 0.1) is 22.1 Å². The van der Waals surface area contributed by atoms with E-state index in [1.165, 1.54) is 38.5 Å². The molecule has 6 aromatic carbocycles. The van der Waals surface area contributed by atoms with E-state index in [0.29, 0.717) is 0 Å². The van der Waals surface area contributed by atoms with Gasteiger partial charge in [-0.05, 0) is 64.7 Å². The molecule has 0 bridgehead atoms. The summed E-state index contributed by atoms with van der Waals surface area (Å²) in [7, 11) is 0. The summed E-state index contributed by atoms with van der Waals surface area (Å²) in [5.41, 5.74) is 12.6. The first-order chi connectivity index (χ1) is 20.8. The lowest BCUT2D eigenvalue weighted by atomic mass is 9.98. The summed E-state index contributed by atoms with van der Waals surface area (Å²) in [5, 5.41) is 5.90. The minimum atomic E-state index is 0.911. The van der Waals surface area contributed by atoms with Crippen LogP contribution in [-0.2, 0) is 0 Å². The van der Waals surface area contributed by atoms with Crippen molar-refractivity contribution >= 4 is 71.3 Å². The Morgan fingerprint density at radius 1 is 0.452 bits per heavy atom. The van der Waals surface area contributed by atoms with Gasteiger partial charge in [0.25, 0.3) is 0 Å². The van der Waals surface area contributed by atoms with Crippen molar-refractivity contribution in [2.75, 3.05) is 0 Å². The second kappa shape index (κ2) is 7.93. The molecule has 0 N–H and O–H groups in total. The van der Waals surface area contributed by atoms with Crippen molar-refractivity contribution in [2.24, 2.45) is 0 Å². The van der Waals surface area contributed by atoms with Crippen molar-refractivity contribution in [3.63, 3.8) is 0 Å². The van der Waals surface area contributed by atoms with E-state index in [-0.39, 0.29) is 0 Å². The second-order valence-electron chi connectivity index (χ2n) is 11.0. The van der Waals surface area contributed by atoms with Crippen LogP contribution in [0.5, 0.6) is 0 Å². The molecule has 0 unspecified atom stereocenters. The van der Waals surface area contributed by atoms with Crippen LogP contribution in [0.15, 0.2) is 132 Å². The summed E-state index contributed by atoms with van der Waals surface area (Å²) >= 11 is 0. The number of fused-ring (bicyclic) bond motifs is 10. The molecule has 4 nitrogen and oxygen atoms in total. The molecule has 194 valence electrons. The van der Waals surface area contributed by atoms with Crippen molar-refractivity contribution in [1.82, 2.24) is 14.4 Å². The van der Waals surface area contributed by atoms with Gasteiger partial charge < -0.3 is 4.42 Å². The van der Waals surface area contributed by atoms with Crippen LogP contribution in [0.2, 0.25) is 0 Å². The first-order valence-corrected chi connectivity index (χ1v) is 14.2. The van der Waals surface area contributed by atoms with Crippen LogP contribution in [0, 0.1) is 0 Å². The molecule has 0 saturated carbocycles. The van der Waals surface area contributed by atoms with E-state index >= 15 is 0 Å². The minimum absolute atomic E-state index is 0.911. The van der Waals surface area contributed by atoms with Gasteiger partial charge in [-0.25, -0.2) is 9.97 Å². The first kappa shape index (κ1) is 22.0. The second-order valence-corrected chi connectivity index (χ2v) is 11.0. The average Bonchev–Trinajstić information content (AvgIpc) is 3.70. The summed E-state index contributed by atoms with van der Waals surface area (Å²) in [5.74, 6) is 0. The molecular formula is C38H21N3O. The van der Waals surface area contributed by atoms with E-state index in [1.807, 2.05) is 36.4 Å². The number of rotatable bonds is 2. The Morgan fingerprint density at radius 2 is 1.07 bits per heavy atom. The molecule has 4 aromatic heterocycles. The summed E-state index contributed by atoms with van der Waals surface area (Å²) in [6, 6.07) is 44.9. The quantitative estimate of drug-likeness (QED) is 0.221. The van der Waals surface area contributed by atoms with Gasteiger partial charge in [0.2, 0.25) is 0 Å². The zero-order chi connectivity index (χ0) is 27.4. The van der Waals surface area contributed by atoms with Gasteiger partial charge in [0, 0.05) is 26.9 Å². The molecule has 10 rings (SSSR count). The van der Waals surface area contributed by atoms with E-state index in [4.69, 9.17) is 14.4 Å². The number of hydrogen-bond acceptors (Lipinski definition) is 3. The van der Waals surface area contributed by atoms with Crippen molar-refractivity contribution in [2.45, 2.75) is 0 Å². The maximum Gasteiger partial charge on any atom is 0.165 e. The minimum Gasteiger partial charge on any atom is -0.456 e. The van der Waals surface area contributed by atoms with Gasteiger partial charge in [-0.15, -0.1) is 0 Å². The van der Waals surface area contributed by atoms with E-state index in [0.717, 1.165) is 55.0 Å². The Hall–Kier alpha value is -5.74. The molecule has 0 radical (unpaired) electrons. The summed E-state index contributed by atoms with van der Waals surface area (Å²) in [6.45, 7) is 0. The van der Waals surface area contributed by atoms with Gasteiger partial charge >= 0.3 is 0 Å². The third-order valence-electron chi connectivity index (χ3n) is 8.73. The fraction of sp³-hybridized carbons (Fsp3) is 0. The van der Waals surface area contributed by atoms with Gasteiger partial charge in [-0.3, -0.25) is 4.40 Å². The highest BCUT2D eigenvalue weighted by atomic mass is 16.3. The zero-order valence-corrected chi connectivity index (χ0v) is 22.4. The lowest BCUT2D eigenvalue weighted by Gasteiger charge is -2.07. The standard InChI is InChI=1S/C38H21N3O/c1-4-11-34-26(6-1)30-21-25(17-19-35(30)42-34)23-14-12-22(13-15-23)24-16-18-33-29(20-24)27-7-5-8-28-36-38(41(33)37(27)28)40-32-10-3-2-9-31(32)39-36/h1-21H. The topological polar surface area (TPSA) is 43.3 Å². The maximum absolute atomic E-state index is 6.03. The summed E-state index contributed by atoms with van der Waals surface area (Å²) in [6.07, 6.45) is 0. The Kier molecular flexibility index (Phi) is 4.15. The highest BCUT2D eigenvalue weighted by Crippen LogP contribution is 2.40. The Morgan fingerprint density at radius 3 is 1.90 bits per heavy atom. The molecule has 4 heteroatoms. The number of hydrogen-bond donors (Lipinski definition) is 0. The predicted octanol–water partition coefficient (Wildman–Crippen LogP) is 10.0. The van der Waals surface area contributed by atoms with E-state index in [9.17, 15) is 0 Å². The summed E-state index contributed by atoms with van der Waals surface area (Å²) in [4.78, 5) is 10.1. The first-order valence-electron chi connectivity index (χ1n) is 14.2. The van der Waals surface area contributed by atoms with Crippen LogP contribution < -0.4 is 0 Å². The lowest BCUT2D eigenvalue weighted by molar-refractivity contribution is 0.669. The number of benzene rings is 6. The smallest absolute Gasteiger partial charge is 0.165 e. The average molecular weight is 536 g/mol. The van der Waals surface area contributed by atoms with Crippen LogP contribution in [0.3, 0.4) is 0 Å². The largest absolute Gasteiger partial charge is 0.456 e. The van der Waals surface area contributed by atoms with Gasteiger partial charge in [-0.1, -0.05) is 84.9 Å². The number of para-hydroxylation sites is 4. The van der Waals surface area contributed by atoms with Gasteiger partial charge in [0.15, 0.2) is 5.65 Å². The van der Waals surface area contributed by atoms with Crippen LogP contribution in [0.25, 0.3) is 93.6 Å². The molecule has 0 fully saturated rings. The van der Waals surface area contributed by atoms with E-state index in [2.05, 4.69) is 95.4 Å². The van der Waals surface area contributed by atoms with Crippen LogP contribution in [0.4, 0.5) is 0 Å². The Labute approximate surface area is 239 Å². The fourth-order valence-electron chi connectivity index (χ4n) is 6.75. The van der Waals surface area contributed by atoms with Crippen molar-refractivity contribution in [3.8, 4) is 22.3 Å². The number of nitrogens with zero attached hydrogens (tertiary/aromatic N) is 3. The third-order valence-corrected chi connectivity index (χ3v) is 8.73. The van der Waals surface area contributed by atoms with Crippen LogP contribution in [-0.4, -0.2) is 14.4 Å². The van der Waals surface area contributed by atoms with Gasteiger partial charge in [0.1, 0.15) is 16.7 Å². The molecule has 0 aliphatic rings. The predicted molar refractivity (Wildman–Crippen MR) is 172 cm³/mol. The zero-order valence-electron chi connectivity index (χ0n) is 22.4. The van der Waals surface area contributed by atoms with Gasteiger partial charge in [-0.2, -0.15) is 0 Å². The Balaban J connectivity index is 1.11. The van der Waals surface area contributed by atoms with Crippen molar-refractivity contribution in [1.29, 1.82) is 0 Å². The molecule has 0 saturated heterocycles. The molecule has 0 aliphatic heterocycles. The third kappa shape index (κ3) is 2.90. The monoisotopic (exact) mass is 535 g/mol. The maximum atomic E-state index is 6.03. The number of aromatic nitrogens is 3. The molecule has 0 atom stereocenters.